The van der Waals surface area contributed by atoms with Crippen LogP contribution < -0.4 is 10.6 Å². The minimum Gasteiger partial charge on any atom is -0.334 e. The van der Waals surface area contributed by atoms with Crippen molar-refractivity contribution in [3.05, 3.63) is 59.7 Å². The van der Waals surface area contributed by atoms with Crippen molar-refractivity contribution in [1.82, 2.24) is 10.3 Å². The Hall–Kier alpha value is -2.43. The van der Waals surface area contributed by atoms with Crippen LogP contribution in [0, 0.1) is 12.7 Å². The first-order chi connectivity index (χ1) is 9.13. The maximum atomic E-state index is 12.9. The molecule has 1 aromatic heterocycles. The lowest BCUT2D eigenvalue weighted by Gasteiger charge is -2.07. The zero-order chi connectivity index (χ0) is 13.7. The van der Waals surface area contributed by atoms with Crippen molar-refractivity contribution in [3.8, 4) is 0 Å². The molecule has 0 saturated carbocycles. The summed E-state index contributed by atoms with van der Waals surface area (Å²) in [6.07, 6.45) is 2.63. The SMILES string of the molecule is Cc1ccc(NC(=O)NCc2cncc(F)c2)cc1. The first-order valence-electron chi connectivity index (χ1n) is 5.84. The molecule has 2 amide bonds. The third kappa shape index (κ3) is 4.06. The van der Waals surface area contributed by atoms with Crippen molar-refractivity contribution in [3.63, 3.8) is 0 Å². The summed E-state index contributed by atoms with van der Waals surface area (Å²) in [5.74, 6) is -0.418. The van der Waals surface area contributed by atoms with Gasteiger partial charge < -0.3 is 10.6 Å². The summed E-state index contributed by atoms with van der Waals surface area (Å²) in [7, 11) is 0. The normalized spacial score (nSPS) is 10.0. The summed E-state index contributed by atoms with van der Waals surface area (Å²) in [6, 6.07) is 8.45. The minimum atomic E-state index is -0.418. The molecule has 0 aliphatic rings. The predicted octanol–water partition coefficient (Wildman–Crippen LogP) is 2.85. The standard InChI is InChI=1S/C14H14FN3O/c1-10-2-4-13(5-3-10)18-14(19)17-8-11-6-12(15)9-16-7-11/h2-7,9H,8H2,1H3,(H2,17,18,19). The molecule has 0 unspecified atom stereocenters. The van der Waals surface area contributed by atoms with Crippen LogP contribution in [0.4, 0.5) is 14.9 Å². The molecule has 0 bridgehead atoms. The third-order valence-corrected chi connectivity index (χ3v) is 2.52. The van der Waals surface area contributed by atoms with Gasteiger partial charge in [0.1, 0.15) is 5.82 Å². The van der Waals surface area contributed by atoms with Crippen LogP contribution in [0.15, 0.2) is 42.7 Å². The largest absolute Gasteiger partial charge is 0.334 e. The van der Waals surface area contributed by atoms with E-state index >= 15 is 0 Å². The van der Waals surface area contributed by atoms with Crippen molar-refractivity contribution in [1.29, 1.82) is 0 Å². The first-order valence-corrected chi connectivity index (χ1v) is 5.84. The van der Waals surface area contributed by atoms with E-state index in [0.717, 1.165) is 11.8 Å². The molecule has 5 heteroatoms. The highest BCUT2D eigenvalue weighted by molar-refractivity contribution is 5.89. The van der Waals surface area contributed by atoms with Crippen molar-refractivity contribution in [2.45, 2.75) is 13.5 Å². The van der Waals surface area contributed by atoms with Gasteiger partial charge >= 0.3 is 6.03 Å². The van der Waals surface area contributed by atoms with Crippen molar-refractivity contribution < 1.29 is 9.18 Å². The van der Waals surface area contributed by atoms with Crippen LogP contribution in [0.25, 0.3) is 0 Å². The maximum Gasteiger partial charge on any atom is 0.319 e. The molecule has 4 nitrogen and oxygen atoms in total. The maximum absolute atomic E-state index is 12.9. The molecule has 0 aliphatic heterocycles. The Kier molecular flexibility index (Phi) is 4.07. The van der Waals surface area contributed by atoms with E-state index < -0.39 is 5.82 Å². The van der Waals surface area contributed by atoms with Gasteiger partial charge in [0, 0.05) is 18.4 Å². The van der Waals surface area contributed by atoms with Gasteiger partial charge in [-0.25, -0.2) is 9.18 Å². The van der Waals surface area contributed by atoms with Crippen LogP contribution in [0.3, 0.4) is 0 Å². The molecule has 2 rings (SSSR count). The van der Waals surface area contributed by atoms with Crippen LogP contribution >= 0.6 is 0 Å². The second-order valence-corrected chi connectivity index (χ2v) is 4.19. The number of nitrogens with one attached hydrogen (secondary N) is 2. The number of amides is 2. The molecule has 1 aromatic carbocycles. The first kappa shape index (κ1) is 13.0. The molecule has 0 saturated heterocycles. The van der Waals surface area contributed by atoms with E-state index in [1.807, 2.05) is 31.2 Å². The molecule has 0 atom stereocenters. The van der Waals surface area contributed by atoms with E-state index in [2.05, 4.69) is 15.6 Å². The minimum absolute atomic E-state index is 0.225. The molecule has 0 radical (unpaired) electrons. The van der Waals surface area contributed by atoms with Crippen LogP contribution in [0.1, 0.15) is 11.1 Å². The summed E-state index contributed by atoms with van der Waals surface area (Å²) in [5.41, 5.74) is 2.44. The van der Waals surface area contributed by atoms with Gasteiger partial charge in [-0.15, -0.1) is 0 Å². The van der Waals surface area contributed by atoms with Crippen LogP contribution in [-0.2, 0) is 6.54 Å². The zero-order valence-electron chi connectivity index (χ0n) is 10.5. The highest BCUT2D eigenvalue weighted by atomic mass is 19.1. The van der Waals surface area contributed by atoms with Gasteiger partial charge in [-0.05, 0) is 30.7 Å². The monoisotopic (exact) mass is 259 g/mol. The molecule has 0 fully saturated rings. The molecule has 0 aliphatic carbocycles. The fourth-order valence-electron chi connectivity index (χ4n) is 1.55. The number of rotatable bonds is 3. The van der Waals surface area contributed by atoms with E-state index in [1.54, 1.807) is 0 Å². The molecule has 0 spiro atoms. The fourth-order valence-corrected chi connectivity index (χ4v) is 1.55. The Morgan fingerprint density at radius 2 is 2.00 bits per heavy atom. The molecule has 19 heavy (non-hydrogen) atoms. The number of anilines is 1. The topological polar surface area (TPSA) is 54.0 Å². The van der Waals surface area contributed by atoms with Crippen LogP contribution in [0.2, 0.25) is 0 Å². The Morgan fingerprint density at radius 1 is 1.26 bits per heavy atom. The molecule has 2 aromatic rings. The van der Waals surface area contributed by atoms with E-state index in [0.29, 0.717) is 11.3 Å². The van der Waals surface area contributed by atoms with Gasteiger partial charge in [0.15, 0.2) is 0 Å². The van der Waals surface area contributed by atoms with Crippen molar-refractivity contribution >= 4 is 11.7 Å². The summed E-state index contributed by atoms with van der Waals surface area (Å²) < 4.78 is 12.9. The summed E-state index contributed by atoms with van der Waals surface area (Å²) in [6.45, 7) is 2.20. The number of urea groups is 1. The molecule has 1 heterocycles. The summed E-state index contributed by atoms with van der Waals surface area (Å²) in [5, 5.41) is 5.32. The Bertz CT molecular complexity index is 569. The average molecular weight is 259 g/mol. The van der Waals surface area contributed by atoms with E-state index in [4.69, 9.17) is 0 Å². The number of nitrogens with zero attached hydrogens (tertiary/aromatic N) is 1. The van der Waals surface area contributed by atoms with Gasteiger partial charge in [0.05, 0.1) is 6.20 Å². The Morgan fingerprint density at radius 3 is 2.68 bits per heavy atom. The Labute approximate surface area is 110 Å². The number of aryl methyl sites for hydroxylation is 1. The highest BCUT2D eigenvalue weighted by Crippen LogP contribution is 2.08. The number of hydrogen-bond donors (Lipinski definition) is 2. The average Bonchev–Trinajstić information content (AvgIpc) is 2.39. The number of aromatic nitrogens is 1. The lowest BCUT2D eigenvalue weighted by atomic mass is 10.2. The Balaban J connectivity index is 1.86. The third-order valence-electron chi connectivity index (χ3n) is 2.52. The van der Waals surface area contributed by atoms with Crippen LogP contribution in [0.5, 0.6) is 0 Å². The van der Waals surface area contributed by atoms with Gasteiger partial charge in [0.25, 0.3) is 0 Å². The second-order valence-electron chi connectivity index (χ2n) is 4.19. The molecule has 2 N–H and O–H groups in total. The number of carbonyl (C=O) groups excluding carboxylic acids is 1. The summed E-state index contributed by atoms with van der Waals surface area (Å²) in [4.78, 5) is 15.3. The quantitative estimate of drug-likeness (QED) is 0.890. The fraction of sp³-hybridized carbons (Fsp3) is 0.143. The van der Waals surface area contributed by atoms with Gasteiger partial charge in [-0.3, -0.25) is 4.98 Å². The number of hydrogen-bond acceptors (Lipinski definition) is 2. The zero-order valence-corrected chi connectivity index (χ0v) is 10.5. The lowest BCUT2D eigenvalue weighted by Crippen LogP contribution is -2.28. The number of benzene rings is 1. The van der Waals surface area contributed by atoms with E-state index in [-0.39, 0.29) is 12.6 Å². The van der Waals surface area contributed by atoms with Gasteiger partial charge in [0.2, 0.25) is 0 Å². The second kappa shape index (κ2) is 5.95. The smallest absolute Gasteiger partial charge is 0.319 e. The van der Waals surface area contributed by atoms with Gasteiger partial charge in [-0.2, -0.15) is 0 Å². The highest BCUT2D eigenvalue weighted by Gasteiger charge is 2.02. The van der Waals surface area contributed by atoms with Crippen molar-refractivity contribution in [2.24, 2.45) is 0 Å². The van der Waals surface area contributed by atoms with Crippen LogP contribution in [-0.4, -0.2) is 11.0 Å². The number of carbonyl (C=O) groups is 1. The number of pyridine rings is 1. The predicted molar refractivity (Wildman–Crippen MR) is 71.2 cm³/mol. The van der Waals surface area contributed by atoms with Crippen molar-refractivity contribution in [2.75, 3.05) is 5.32 Å². The molecular weight excluding hydrogens is 245 g/mol. The van der Waals surface area contributed by atoms with E-state index in [9.17, 15) is 9.18 Å². The molecule has 98 valence electrons. The number of halogens is 1. The molecular formula is C14H14FN3O. The van der Waals surface area contributed by atoms with Gasteiger partial charge in [-0.1, -0.05) is 17.7 Å². The lowest BCUT2D eigenvalue weighted by molar-refractivity contribution is 0.251. The van der Waals surface area contributed by atoms with E-state index in [1.165, 1.54) is 12.3 Å². The summed E-state index contributed by atoms with van der Waals surface area (Å²) >= 11 is 0.